The molecule has 3 rings (SSSR count). The van der Waals surface area contributed by atoms with E-state index in [2.05, 4.69) is 33.7 Å². The van der Waals surface area contributed by atoms with Crippen molar-refractivity contribution in [1.82, 2.24) is 19.6 Å². The van der Waals surface area contributed by atoms with Gasteiger partial charge in [0.15, 0.2) is 0 Å². The molecule has 0 amide bonds. The van der Waals surface area contributed by atoms with Crippen molar-refractivity contribution in [2.24, 2.45) is 5.92 Å². The lowest BCUT2D eigenvalue weighted by Crippen LogP contribution is -2.47. The SMILES string of the molecule is CN1CCN(CC2CCN(C3CCCN(C)C3)C2)CC1. The van der Waals surface area contributed by atoms with E-state index in [0.29, 0.717) is 0 Å². The quantitative estimate of drug-likeness (QED) is 0.752. The Balaban J connectivity index is 1.42. The maximum Gasteiger partial charge on any atom is 0.0223 e. The third-order valence-electron chi connectivity index (χ3n) is 5.55. The number of likely N-dealkylation sites (tertiary alicyclic amines) is 2. The number of piperazine rings is 1. The molecule has 3 aliphatic heterocycles. The highest BCUT2D eigenvalue weighted by atomic mass is 15.3. The van der Waals surface area contributed by atoms with Crippen molar-refractivity contribution in [3.8, 4) is 0 Å². The molecule has 3 saturated heterocycles. The van der Waals surface area contributed by atoms with Crippen molar-refractivity contribution < 1.29 is 0 Å². The zero-order valence-electron chi connectivity index (χ0n) is 13.4. The summed E-state index contributed by atoms with van der Waals surface area (Å²) in [5.41, 5.74) is 0. The second-order valence-corrected chi connectivity index (χ2v) is 7.31. The fourth-order valence-electron chi connectivity index (χ4n) is 4.18. The van der Waals surface area contributed by atoms with E-state index >= 15 is 0 Å². The van der Waals surface area contributed by atoms with E-state index in [1.54, 1.807) is 0 Å². The van der Waals surface area contributed by atoms with Gasteiger partial charge in [0.2, 0.25) is 0 Å². The van der Waals surface area contributed by atoms with Crippen LogP contribution in [0.15, 0.2) is 0 Å². The Hall–Kier alpha value is -0.160. The molecule has 0 spiro atoms. The molecule has 3 heterocycles. The van der Waals surface area contributed by atoms with Crippen LogP contribution in [0.25, 0.3) is 0 Å². The zero-order chi connectivity index (χ0) is 13.9. The van der Waals surface area contributed by atoms with E-state index in [0.717, 1.165) is 12.0 Å². The number of hydrogen-bond acceptors (Lipinski definition) is 4. The van der Waals surface area contributed by atoms with Crippen LogP contribution in [0.5, 0.6) is 0 Å². The molecular weight excluding hydrogens is 248 g/mol. The Morgan fingerprint density at radius 1 is 0.800 bits per heavy atom. The number of nitrogens with zero attached hydrogens (tertiary/aromatic N) is 4. The average Bonchev–Trinajstić information content (AvgIpc) is 2.90. The van der Waals surface area contributed by atoms with Gasteiger partial charge in [0, 0.05) is 51.9 Å². The topological polar surface area (TPSA) is 13.0 Å². The highest BCUT2D eigenvalue weighted by molar-refractivity contribution is 4.87. The molecule has 3 aliphatic rings. The van der Waals surface area contributed by atoms with Crippen LogP contribution in [0.1, 0.15) is 19.3 Å². The summed E-state index contributed by atoms with van der Waals surface area (Å²) in [6, 6.07) is 0.839. The summed E-state index contributed by atoms with van der Waals surface area (Å²) in [4.78, 5) is 10.5. The molecule has 0 radical (unpaired) electrons. The van der Waals surface area contributed by atoms with Crippen LogP contribution < -0.4 is 0 Å². The Bertz CT molecular complexity index is 301. The number of rotatable bonds is 3. The minimum Gasteiger partial charge on any atom is -0.305 e. The highest BCUT2D eigenvalue weighted by Gasteiger charge is 2.31. The van der Waals surface area contributed by atoms with Gasteiger partial charge < -0.3 is 14.7 Å². The minimum atomic E-state index is 0.839. The van der Waals surface area contributed by atoms with Gasteiger partial charge in [0.05, 0.1) is 0 Å². The maximum absolute atomic E-state index is 2.79. The Morgan fingerprint density at radius 3 is 2.35 bits per heavy atom. The third kappa shape index (κ3) is 3.73. The predicted octanol–water partition coefficient (Wildman–Crippen LogP) is 0.650. The molecule has 116 valence electrons. The molecule has 0 aliphatic carbocycles. The van der Waals surface area contributed by atoms with Crippen LogP contribution in [0, 0.1) is 5.92 Å². The molecule has 2 unspecified atom stereocenters. The molecular formula is C16H32N4. The number of hydrogen-bond donors (Lipinski definition) is 0. The molecule has 0 aromatic carbocycles. The molecule has 20 heavy (non-hydrogen) atoms. The zero-order valence-corrected chi connectivity index (χ0v) is 13.4. The molecule has 4 nitrogen and oxygen atoms in total. The van der Waals surface area contributed by atoms with Gasteiger partial charge in [-0.15, -0.1) is 0 Å². The van der Waals surface area contributed by atoms with Crippen LogP contribution in [0.3, 0.4) is 0 Å². The highest BCUT2D eigenvalue weighted by Crippen LogP contribution is 2.24. The van der Waals surface area contributed by atoms with Gasteiger partial charge in [-0.2, -0.15) is 0 Å². The van der Waals surface area contributed by atoms with Gasteiger partial charge in [0.1, 0.15) is 0 Å². The van der Waals surface area contributed by atoms with E-state index in [1.807, 2.05) is 0 Å². The summed E-state index contributed by atoms with van der Waals surface area (Å²) in [5.74, 6) is 0.922. The Morgan fingerprint density at radius 2 is 1.60 bits per heavy atom. The lowest BCUT2D eigenvalue weighted by molar-refractivity contribution is 0.116. The van der Waals surface area contributed by atoms with Gasteiger partial charge in [-0.1, -0.05) is 0 Å². The smallest absolute Gasteiger partial charge is 0.0223 e. The molecule has 0 N–H and O–H groups in total. The maximum atomic E-state index is 2.79. The summed E-state index contributed by atoms with van der Waals surface area (Å²) in [6.07, 6.45) is 4.24. The second kappa shape index (κ2) is 6.73. The van der Waals surface area contributed by atoms with Crippen molar-refractivity contribution in [1.29, 1.82) is 0 Å². The number of likely N-dealkylation sites (N-methyl/N-ethyl adjacent to an activating group) is 2. The molecule has 4 heteroatoms. The Kier molecular flexibility index (Phi) is 4.97. The fraction of sp³-hybridized carbons (Fsp3) is 1.00. The molecule has 0 aromatic rings. The first-order valence-corrected chi connectivity index (χ1v) is 8.54. The monoisotopic (exact) mass is 280 g/mol. The van der Waals surface area contributed by atoms with Crippen LogP contribution in [0.4, 0.5) is 0 Å². The van der Waals surface area contributed by atoms with Crippen molar-refractivity contribution in [2.75, 3.05) is 73.0 Å². The molecule has 0 saturated carbocycles. The first kappa shape index (κ1) is 14.8. The molecule has 3 fully saturated rings. The predicted molar refractivity (Wildman–Crippen MR) is 84.1 cm³/mol. The fourth-order valence-corrected chi connectivity index (χ4v) is 4.18. The molecule has 0 aromatic heterocycles. The standard InChI is InChI=1S/C16H32N4/c1-17-8-10-19(11-9-17)12-15-5-7-20(13-15)16-4-3-6-18(2)14-16/h15-16H,3-14H2,1-2H3. The minimum absolute atomic E-state index is 0.839. The van der Waals surface area contributed by atoms with Gasteiger partial charge in [-0.3, -0.25) is 4.90 Å². The first-order valence-electron chi connectivity index (χ1n) is 8.54. The van der Waals surface area contributed by atoms with E-state index in [9.17, 15) is 0 Å². The van der Waals surface area contributed by atoms with Gasteiger partial charge in [-0.25, -0.2) is 0 Å². The lowest BCUT2D eigenvalue weighted by atomic mass is 10.0. The van der Waals surface area contributed by atoms with Crippen molar-refractivity contribution in [3.63, 3.8) is 0 Å². The summed E-state index contributed by atoms with van der Waals surface area (Å²) < 4.78 is 0. The third-order valence-corrected chi connectivity index (χ3v) is 5.55. The van der Waals surface area contributed by atoms with Crippen molar-refractivity contribution in [2.45, 2.75) is 25.3 Å². The largest absolute Gasteiger partial charge is 0.305 e. The summed E-state index contributed by atoms with van der Waals surface area (Å²) in [6.45, 7) is 11.7. The second-order valence-electron chi connectivity index (χ2n) is 7.31. The van der Waals surface area contributed by atoms with Crippen molar-refractivity contribution in [3.05, 3.63) is 0 Å². The lowest BCUT2D eigenvalue weighted by Gasteiger charge is -2.36. The molecule has 0 bridgehead atoms. The van der Waals surface area contributed by atoms with Crippen LogP contribution >= 0.6 is 0 Å². The average molecular weight is 280 g/mol. The normalized spacial score (nSPS) is 35.7. The summed E-state index contributed by atoms with van der Waals surface area (Å²) in [5, 5.41) is 0. The van der Waals surface area contributed by atoms with E-state index < -0.39 is 0 Å². The van der Waals surface area contributed by atoms with E-state index in [-0.39, 0.29) is 0 Å². The van der Waals surface area contributed by atoms with Gasteiger partial charge >= 0.3 is 0 Å². The Labute approximate surface area is 124 Å². The molecule has 2 atom stereocenters. The van der Waals surface area contributed by atoms with Crippen LogP contribution in [-0.2, 0) is 0 Å². The summed E-state index contributed by atoms with van der Waals surface area (Å²) >= 11 is 0. The number of piperidine rings is 1. The van der Waals surface area contributed by atoms with E-state index in [1.165, 1.54) is 78.2 Å². The van der Waals surface area contributed by atoms with Gasteiger partial charge in [-0.05, 0) is 52.4 Å². The van der Waals surface area contributed by atoms with Gasteiger partial charge in [0.25, 0.3) is 0 Å². The van der Waals surface area contributed by atoms with Crippen molar-refractivity contribution >= 4 is 0 Å². The summed E-state index contributed by atoms with van der Waals surface area (Å²) in [7, 11) is 4.53. The first-order chi connectivity index (χ1) is 9.70. The van der Waals surface area contributed by atoms with Crippen LogP contribution in [0.2, 0.25) is 0 Å². The van der Waals surface area contributed by atoms with Crippen LogP contribution in [-0.4, -0.2) is 98.6 Å². The van der Waals surface area contributed by atoms with E-state index in [4.69, 9.17) is 0 Å².